The normalized spacial score (nSPS) is 27.7. The van der Waals surface area contributed by atoms with E-state index < -0.39 is 10.8 Å². The molecule has 0 radical (unpaired) electrons. The van der Waals surface area contributed by atoms with E-state index in [1.807, 2.05) is 6.07 Å². The number of aryl methyl sites for hydroxylation is 2. The zero-order valence-corrected chi connectivity index (χ0v) is 11.2. The molecule has 0 heterocycles. The lowest BCUT2D eigenvalue weighted by molar-refractivity contribution is 0.645. The van der Waals surface area contributed by atoms with Gasteiger partial charge in [0.1, 0.15) is 0 Å². The van der Waals surface area contributed by atoms with E-state index in [1.54, 1.807) is 0 Å². The molecule has 0 saturated heterocycles. The van der Waals surface area contributed by atoms with Crippen LogP contribution in [-0.2, 0) is 23.6 Å². The summed E-state index contributed by atoms with van der Waals surface area (Å²) in [6.07, 6.45) is 6.38. The largest absolute Gasteiger partial charge is 0.254 e. The minimum absolute atomic E-state index is 0.0147. The lowest BCUT2D eigenvalue weighted by Gasteiger charge is -2.14. The van der Waals surface area contributed by atoms with E-state index in [0.29, 0.717) is 0 Å². The van der Waals surface area contributed by atoms with E-state index in [4.69, 9.17) is 5.26 Å². The van der Waals surface area contributed by atoms with Gasteiger partial charge in [-0.3, -0.25) is 4.21 Å². The number of nitriles is 1. The summed E-state index contributed by atoms with van der Waals surface area (Å²) in [5.41, 5.74) is 2.78. The van der Waals surface area contributed by atoms with Crippen molar-refractivity contribution in [3.63, 3.8) is 0 Å². The highest BCUT2D eigenvalue weighted by atomic mass is 32.2. The first-order valence-corrected chi connectivity index (χ1v) is 7.93. The monoisotopic (exact) mass is 259 g/mol. The van der Waals surface area contributed by atoms with Gasteiger partial charge in [0, 0.05) is 4.90 Å². The second-order valence-electron chi connectivity index (χ2n) is 5.29. The van der Waals surface area contributed by atoms with Gasteiger partial charge in [0.15, 0.2) is 0 Å². The van der Waals surface area contributed by atoms with Crippen molar-refractivity contribution in [2.75, 3.05) is 0 Å². The predicted molar refractivity (Wildman–Crippen MR) is 71.6 cm³/mol. The Hall–Kier alpha value is -1.14. The van der Waals surface area contributed by atoms with Crippen molar-refractivity contribution in [2.24, 2.45) is 5.92 Å². The minimum atomic E-state index is -1.00. The third kappa shape index (κ3) is 1.99. The molecule has 2 aliphatic carbocycles. The second-order valence-corrected chi connectivity index (χ2v) is 6.96. The summed E-state index contributed by atoms with van der Waals surface area (Å²) in [5, 5.41) is 9.15. The fraction of sp³-hybridized carbons (Fsp3) is 0.533. The molecular weight excluding hydrogens is 242 g/mol. The summed E-state index contributed by atoms with van der Waals surface area (Å²) in [6.45, 7) is 0. The average molecular weight is 259 g/mol. The molecule has 0 bridgehead atoms. The molecule has 1 aromatic rings. The molecule has 3 atom stereocenters. The predicted octanol–water partition coefficient (Wildman–Crippen LogP) is 2.98. The molecule has 3 unspecified atom stereocenters. The van der Waals surface area contributed by atoms with Crippen LogP contribution in [0.4, 0.5) is 0 Å². The van der Waals surface area contributed by atoms with Crippen LogP contribution >= 0.6 is 0 Å². The molecule has 94 valence electrons. The summed E-state index contributed by atoms with van der Waals surface area (Å²) >= 11 is 0. The quantitative estimate of drug-likeness (QED) is 0.819. The van der Waals surface area contributed by atoms with E-state index in [2.05, 4.69) is 18.2 Å². The molecule has 0 amide bonds. The Labute approximate surface area is 110 Å². The third-order valence-corrected chi connectivity index (χ3v) is 6.03. The molecule has 1 fully saturated rings. The van der Waals surface area contributed by atoms with Crippen molar-refractivity contribution in [1.29, 1.82) is 5.26 Å². The van der Waals surface area contributed by atoms with E-state index in [1.165, 1.54) is 17.5 Å². The summed E-state index contributed by atoms with van der Waals surface area (Å²) < 4.78 is 12.6. The Bertz CT molecular complexity index is 532. The van der Waals surface area contributed by atoms with Crippen molar-refractivity contribution in [1.82, 2.24) is 0 Å². The minimum Gasteiger partial charge on any atom is -0.254 e. The van der Waals surface area contributed by atoms with Crippen LogP contribution in [0.5, 0.6) is 0 Å². The maximum Gasteiger partial charge on any atom is 0.0668 e. The Morgan fingerprint density at radius 3 is 2.83 bits per heavy atom. The zero-order valence-electron chi connectivity index (χ0n) is 10.4. The third-order valence-electron chi connectivity index (χ3n) is 4.20. The molecule has 1 saturated carbocycles. The topological polar surface area (TPSA) is 40.9 Å². The number of benzene rings is 1. The molecule has 2 aliphatic rings. The summed E-state index contributed by atoms with van der Waals surface area (Å²) in [6, 6.07) is 8.58. The summed E-state index contributed by atoms with van der Waals surface area (Å²) in [4.78, 5) is 0.933. The van der Waals surface area contributed by atoms with Gasteiger partial charge in [-0.1, -0.05) is 12.5 Å². The molecule has 3 rings (SSSR count). The molecular formula is C15H17NOS. The number of hydrogen-bond acceptors (Lipinski definition) is 2. The van der Waals surface area contributed by atoms with Crippen molar-refractivity contribution >= 4 is 10.8 Å². The average Bonchev–Trinajstić information content (AvgIpc) is 3.05. The molecule has 0 spiro atoms. The lowest BCUT2D eigenvalue weighted by Crippen LogP contribution is -2.19. The van der Waals surface area contributed by atoms with Crippen LogP contribution in [0.15, 0.2) is 23.1 Å². The van der Waals surface area contributed by atoms with Crippen LogP contribution in [0.25, 0.3) is 0 Å². The van der Waals surface area contributed by atoms with Gasteiger partial charge >= 0.3 is 0 Å². The standard InChI is InChI=1S/C15H17NOS/c16-10-13-5-2-6-15(13)18(17)14-8-7-11-3-1-4-12(11)9-14/h7-9,13,15H,1-6H2. The van der Waals surface area contributed by atoms with Crippen LogP contribution in [0.1, 0.15) is 36.8 Å². The summed E-state index contributed by atoms with van der Waals surface area (Å²) in [5.74, 6) is -0.0147. The van der Waals surface area contributed by atoms with Crippen molar-refractivity contribution in [3.05, 3.63) is 29.3 Å². The number of fused-ring (bicyclic) bond motifs is 1. The van der Waals surface area contributed by atoms with Gasteiger partial charge in [0.05, 0.1) is 28.0 Å². The molecule has 18 heavy (non-hydrogen) atoms. The number of hydrogen-bond donors (Lipinski definition) is 0. The van der Waals surface area contributed by atoms with Crippen LogP contribution in [-0.4, -0.2) is 9.46 Å². The zero-order chi connectivity index (χ0) is 12.5. The highest BCUT2D eigenvalue weighted by Crippen LogP contribution is 2.33. The Morgan fingerprint density at radius 1 is 1.17 bits per heavy atom. The highest BCUT2D eigenvalue weighted by Gasteiger charge is 2.32. The Morgan fingerprint density at radius 2 is 2.00 bits per heavy atom. The highest BCUT2D eigenvalue weighted by molar-refractivity contribution is 7.85. The van der Waals surface area contributed by atoms with Crippen LogP contribution in [0.3, 0.4) is 0 Å². The van der Waals surface area contributed by atoms with E-state index in [0.717, 1.165) is 37.0 Å². The van der Waals surface area contributed by atoms with E-state index in [9.17, 15) is 4.21 Å². The van der Waals surface area contributed by atoms with Crippen molar-refractivity contribution in [2.45, 2.75) is 48.7 Å². The SMILES string of the molecule is N#CC1CCCC1S(=O)c1ccc2c(c1)CCC2. The fourth-order valence-electron chi connectivity index (χ4n) is 3.18. The molecule has 0 N–H and O–H groups in total. The van der Waals surface area contributed by atoms with Gasteiger partial charge in [-0.15, -0.1) is 0 Å². The molecule has 0 aromatic heterocycles. The molecule has 3 heteroatoms. The number of nitrogens with zero attached hydrogens (tertiary/aromatic N) is 1. The van der Waals surface area contributed by atoms with Gasteiger partial charge in [-0.2, -0.15) is 5.26 Å². The van der Waals surface area contributed by atoms with Gasteiger partial charge < -0.3 is 0 Å². The molecule has 2 nitrogen and oxygen atoms in total. The fourth-order valence-corrected chi connectivity index (χ4v) is 4.86. The van der Waals surface area contributed by atoms with Gasteiger partial charge in [0.2, 0.25) is 0 Å². The van der Waals surface area contributed by atoms with E-state index >= 15 is 0 Å². The Balaban J connectivity index is 1.87. The summed E-state index contributed by atoms with van der Waals surface area (Å²) in [7, 11) is -1.00. The second kappa shape index (κ2) is 4.85. The maximum absolute atomic E-state index is 12.6. The first kappa shape index (κ1) is 11.9. The molecule has 0 aliphatic heterocycles. The first-order valence-electron chi connectivity index (χ1n) is 6.71. The Kier molecular flexibility index (Phi) is 3.22. The first-order chi connectivity index (χ1) is 8.79. The molecule has 1 aromatic carbocycles. The van der Waals surface area contributed by atoms with Gasteiger partial charge in [0.25, 0.3) is 0 Å². The number of rotatable bonds is 2. The lowest BCUT2D eigenvalue weighted by atomic mass is 10.1. The maximum atomic E-state index is 12.6. The van der Waals surface area contributed by atoms with E-state index in [-0.39, 0.29) is 11.2 Å². The van der Waals surface area contributed by atoms with Crippen LogP contribution in [0.2, 0.25) is 0 Å². The van der Waals surface area contributed by atoms with Crippen LogP contribution < -0.4 is 0 Å². The smallest absolute Gasteiger partial charge is 0.0668 e. The van der Waals surface area contributed by atoms with Gasteiger partial charge in [-0.05, 0) is 55.4 Å². The van der Waals surface area contributed by atoms with Crippen molar-refractivity contribution in [3.8, 4) is 6.07 Å². The van der Waals surface area contributed by atoms with Crippen LogP contribution in [0, 0.1) is 17.2 Å². The van der Waals surface area contributed by atoms with Gasteiger partial charge in [-0.25, -0.2) is 0 Å². The van der Waals surface area contributed by atoms with Crippen molar-refractivity contribution < 1.29 is 4.21 Å².